The smallest absolute Gasteiger partial charge is 0.271 e. The Kier molecular flexibility index (Phi) is 4.16. The zero-order chi connectivity index (χ0) is 16.8. The quantitative estimate of drug-likeness (QED) is 0.664. The molecule has 1 aromatic carbocycles. The lowest BCUT2D eigenvalue weighted by Gasteiger charge is -2.33. The van der Waals surface area contributed by atoms with Crippen molar-refractivity contribution >= 4 is 15.7 Å². The molecule has 2 fully saturated rings. The molecule has 0 aromatic heterocycles. The van der Waals surface area contributed by atoms with Crippen LogP contribution in [0.1, 0.15) is 17.5 Å². The third kappa shape index (κ3) is 2.86. The maximum atomic E-state index is 13.0. The number of hydrogen-bond acceptors (Lipinski definition) is 5. The number of nitrogens with zero attached hydrogens (tertiary/aromatic N) is 2. The molecule has 126 valence electrons. The molecule has 2 unspecified atom stereocenters. The summed E-state index contributed by atoms with van der Waals surface area (Å²) in [6, 6.07) is 2.61. The van der Waals surface area contributed by atoms with Crippen LogP contribution in [-0.2, 0) is 10.0 Å². The Morgan fingerprint density at radius 3 is 2.65 bits per heavy atom. The molecule has 3 rings (SSSR count). The van der Waals surface area contributed by atoms with Crippen molar-refractivity contribution < 1.29 is 13.3 Å². The van der Waals surface area contributed by atoms with Gasteiger partial charge in [-0.05, 0) is 56.3 Å². The van der Waals surface area contributed by atoms with Crippen LogP contribution in [0.25, 0.3) is 0 Å². The summed E-state index contributed by atoms with van der Waals surface area (Å²) in [6.07, 6.45) is 0.837. The van der Waals surface area contributed by atoms with Crippen LogP contribution in [0.4, 0.5) is 5.69 Å². The summed E-state index contributed by atoms with van der Waals surface area (Å²) in [5.74, 6) is 0.869. The van der Waals surface area contributed by atoms with Crippen LogP contribution in [0, 0.1) is 35.8 Å². The minimum atomic E-state index is -3.71. The Morgan fingerprint density at radius 1 is 1.26 bits per heavy atom. The summed E-state index contributed by atoms with van der Waals surface area (Å²) in [4.78, 5) is 10.6. The van der Waals surface area contributed by atoms with E-state index in [1.165, 1.54) is 16.4 Å². The molecular weight excluding hydrogens is 318 g/mol. The Labute approximate surface area is 135 Å². The summed E-state index contributed by atoms with van der Waals surface area (Å²) >= 11 is 0. The Hall–Kier alpha value is -1.51. The van der Waals surface area contributed by atoms with Gasteiger partial charge in [0.15, 0.2) is 0 Å². The number of benzene rings is 1. The molecule has 0 aliphatic carbocycles. The van der Waals surface area contributed by atoms with Crippen LogP contribution in [0.5, 0.6) is 0 Å². The van der Waals surface area contributed by atoms with Crippen LogP contribution in [0.15, 0.2) is 17.0 Å². The SMILES string of the molecule is Cc1cc([N+](=O)[O-])cc(S(=O)(=O)N2CCC3CNCC3C2)c1C. The van der Waals surface area contributed by atoms with Gasteiger partial charge in [0.05, 0.1) is 9.82 Å². The summed E-state index contributed by atoms with van der Waals surface area (Å²) in [7, 11) is -3.71. The van der Waals surface area contributed by atoms with Crippen molar-refractivity contribution in [2.75, 3.05) is 26.2 Å². The van der Waals surface area contributed by atoms with E-state index in [1.54, 1.807) is 13.8 Å². The number of nitro benzene ring substituents is 1. The van der Waals surface area contributed by atoms with Crippen LogP contribution in [-0.4, -0.2) is 43.8 Å². The molecule has 2 aliphatic heterocycles. The molecule has 8 heteroatoms. The van der Waals surface area contributed by atoms with Gasteiger partial charge in [0.1, 0.15) is 0 Å². The number of nitrogens with one attached hydrogen (secondary N) is 1. The lowest BCUT2D eigenvalue weighted by molar-refractivity contribution is -0.385. The highest BCUT2D eigenvalue weighted by Crippen LogP contribution is 2.33. The molecule has 2 atom stereocenters. The van der Waals surface area contributed by atoms with Gasteiger partial charge < -0.3 is 5.32 Å². The lowest BCUT2D eigenvalue weighted by Crippen LogP contribution is -2.43. The molecule has 2 saturated heterocycles. The predicted molar refractivity (Wildman–Crippen MR) is 85.8 cm³/mol. The van der Waals surface area contributed by atoms with Crippen molar-refractivity contribution in [3.05, 3.63) is 33.4 Å². The van der Waals surface area contributed by atoms with Crippen molar-refractivity contribution in [3.8, 4) is 0 Å². The van der Waals surface area contributed by atoms with Crippen molar-refractivity contribution in [2.24, 2.45) is 11.8 Å². The number of fused-ring (bicyclic) bond motifs is 1. The van der Waals surface area contributed by atoms with Crippen LogP contribution < -0.4 is 5.32 Å². The second kappa shape index (κ2) is 5.85. The number of piperidine rings is 1. The van der Waals surface area contributed by atoms with Gasteiger partial charge in [0.2, 0.25) is 10.0 Å². The van der Waals surface area contributed by atoms with E-state index < -0.39 is 14.9 Å². The van der Waals surface area contributed by atoms with E-state index in [4.69, 9.17) is 0 Å². The monoisotopic (exact) mass is 339 g/mol. The largest absolute Gasteiger partial charge is 0.316 e. The topological polar surface area (TPSA) is 92.5 Å². The molecule has 7 nitrogen and oxygen atoms in total. The predicted octanol–water partition coefficient (Wildman–Crippen LogP) is 1.44. The summed E-state index contributed by atoms with van der Waals surface area (Å²) < 4.78 is 27.5. The molecule has 1 aromatic rings. The first-order chi connectivity index (χ1) is 10.8. The summed E-state index contributed by atoms with van der Waals surface area (Å²) in [5.41, 5.74) is 1.03. The Morgan fingerprint density at radius 2 is 1.96 bits per heavy atom. The summed E-state index contributed by atoms with van der Waals surface area (Å²) in [6.45, 7) is 6.16. The van der Waals surface area contributed by atoms with E-state index in [0.29, 0.717) is 36.1 Å². The average Bonchev–Trinajstić information content (AvgIpc) is 2.96. The maximum absolute atomic E-state index is 13.0. The third-order valence-electron chi connectivity index (χ3n) is 5.10. The molecule has 23 heavy (non-hydrogen) atoms. The van der Waals surface area contributed by atoms with Crippen LogP contribution in [0.3, 0.4) is 0 Å². The van der Waals surface area contributed by atoms with Crippen LogP contribution >= 0.6 is 0 Å². The van der Waals surface area contributed by atoms with E-state index >= 15 is 0 Å². The fourth-order valence-corrected chi connectivity index (χ4v) is 5.37. The zero-order valence-electron chi connectivity index (χ0n) is 13.3. The van der Waals surface area contributed by atoms with Gasteiger partial charge in [-0.25, -0.2) is 8.42 Å². The molecule has 0 radical (unpaired) electrons. The van der Waals surface area contributed by atoms with E-state index in [0.717, 1.165) is 19.5 Å². The molecular formula is C15H21N3O4S. The van der Waals surface area contributed by atoms with Gasteiger partial charge in [-0.3, -0.25) is 10.1 Å². The minimum absolute atomic E-state index is 0.0635. The average molecular weight is 339 g/mol. The van der Waals surface area contributed by atoms with Crippen LogP contribution in [0.2, 0.25) is 0 Å². The number of nitro groups is 1. The molecule has 2 aliphatic rings. The van der Waals surface area contributed by atoms with Crippen molar-refractivity contribution in [1.82, 2.24) is 9.62 Å². The number of rotatable bonds is 3. The summed E-state index contributed by atoms with van der Waals surface area (Å²) in [5, 5.41) is 14.4. The number of hydrogen-bond donors (Lipinski definition) is 1. The van der Waals surface area contributed by atoms with Gasteiger partial charge in [-0.1, -0.05) is 0 Å². The van der Waals surface area contributed by atoms with Gasteiger partial charge >= 0.3 is 0 Å². The molecule has 0 spiro atoms. The van der Waals surface area contributed by atoms with Crippen molar-refractivity contribution in [3.63, 3.8) is 0 Å². The number of sulfonamides is 1. The normalized spacial score (nSPS) is 25.3. The fraction of sp³-hybridized carbons (Fsp3) is 0.600. The lowest BCUT2D eigenvalue weighted by atomic mass is 9.90. The molecule has 0 amide bonds. The van der Waals surface area contributed by atoms with Crippen molar-refractivity contribution in [2.45, 2.75) is 25.2 Å². The van der Waals surface area contributed by atoms with E-state index in [1.807, 2.05) is 0 Å². The standard InChI is InChI=1S/C15H21N3O4S/c1-10-5-14(18(19)20)6-15(11(10)2)23(21,22)17-4-3-12-7-16-8-13(12)9-17/h5-6,12-13,16H,3-4,7-9H2,1-2H3. The highest BCUT2D eigenvalue weighted by Gasteiger charge is 2.38. The first kappa shape index (κ1) is 16.4. The molecule has 0 bridgehead atoms. The van der Waals surface area contributed by atoms with Gasteiger partial charge in [-0.15, -0.1) is 0 Å². The first-order valence-corrected chi connectivity index (χ1v) is 9.21. The third-order valence-corrected chi connectivity index (χ3v) is 7.09. The highest BCUT2D eigenvalue weighted by molar-refractivity contribution is 7.89. The Balaban J connectivity index is 1.98. The van der Waals surface area contributed by atoms with Gasteiger partial charge in [0, 0.05) is 25.2 Å². The number of non-ortho nitro benzene ring substituents is 1. The maximum Gasteiger partial charge on any atom is 0.271 e. The number of aryl methyl sites for hydroxylation is 1. The van der Waals surface area contributed by atoms with E-state index in [9.17, 15) is 18.5 Å². The zero-order valence-corrected chi connectivity index (χ0v) is 14.1. The van der Waals surface area contributed by atoms with E-state index in [-0.39, 0.29) is 10.6 Å². The molecule has 1 N–H and O–H groups in total. The highest BCUT2D eigenvalue weighted by atomic mass is 32.2. The second-order valence-electron chi connectivity index (χ2n) is 6.47. The van der Waals surface area contributed by atoms with E-state index in [2.05, 4.69) is 5.32 Å². The van der Waals surface area contributed by atoms with Gasteiger partial charge in [0.25, 0.3) is 5.69 Å². The minimum Gasteiger partial charge on any atom is -0.316 e. The molecule has 2 heterocycles. The van der Waals surface area contributed by atoms with Crippen molar-refractivity contribution in [1.29, 1.82) is 0 Å². The Bertz CT molecular complexity index is 747. The fourth-order valence-electron chi connectivity index (χ4n) is 3.54. The second-order valence-corrected chi connectivity index (χ2v) is 8.38. The molecule has 0 saturated carbocycles. The van der Waals surface area contributed by atoms with Gasteiger partial charge in [-0.2, -0.15) is 4.31 Å². The first-order valence-electron chi connectivity index (χ1n) is 7.77.